The Morgan fingerprint density at radius 3 is 3.00 bits per heavy atom. The number of hydrogen-bond donors (Lipinski definition) is 1. The Morgan fingerprint density at radius 1 is 1.83 bits per heavy atom. The van der Waals surface area contributed by atoms with Crippen molar-refractivity contribution in [3.05, 3.63) is 23.3 Å². The molecule has 1 atom stereocenters. The van der Waals surface area contributed by atoms with E-state index in [1.54, 1.807) is 0 Å². The highest BCUT2D eigenvalue weighted by molar-refractivity contribution is 6.22. The molecule has 0 bridgehead atoms. The highest BCUT2D eigenvalue weighted by atomic mass is 35.5. The molecule has 2 nitrogen and oxygen atoms in total. The first-order valence-electron chi connectivity index (χ1n) is 3.91. The zero-order valence-electron chi connectivity index (χ0n) is 7.01. The van der Waals surface area contributed by atoms with Crippen LogP contribution in [0.25, 0.3) is 0 Å². The monoisotopic (exact) mass is 185 g/mol. The molecular weight excluding hydrogens is 174 g/mol. The van der Waals surface area contributed by atoms with E-state index in [1.165, 1.54) is 0 Å². The van der Waals surface area contributed by atoms with E-state index < -0.39 is 0 Å². The lowest BCUT2D eigenvalue weighted by atomic mass is 9.97. The van der Waals surface area contributed by atoms with Gasteiger partial charge in [-0.3, -0.25) is 4.79 Å². The van der Waals surface area contributed by atoms with Crippen LogP contribution in [-0.2, 0) is 4.79 Å². The minimum Gasteiger partial charge on any atom is -0.324 e. The summed E-state index contributed by atoms with van der Waals surface area (Å²) in [6.45, 7) is 2.00. The molecule has 0 radical (unpaired) electrons. The first-order chi connectivity index (χ1) is 5.65. The number of carbonyl (C=O) groups excluding carboxylic acids is 1. The topological polar surface area (TPSA) is 43.1 Å². The van der Waals surface area contributed by atoms with Crippen LogP contribution in [0.15, 0.2) is 23.3 Å². The number of Topliss-reactive ketones (excluding diaryl/α,β-unsaturated/α-hetero) is 1. The Balaban J connectivity index is 2.78. The average Bonchev–Trinajstić information content (AvgIpc) is 2.08. The summed E-state index contributed by atoms with van der Waals surface area (Å²) in [5, 5.41) is 0.0410. The molecule has 0 aromatic rings. The quantitative estimate of drug-likeness (QED) is 0.661. The molecule has 0 saturated heterocycles. The van der Waals surface area contributed by atoms with Gasteiger partial charge in [-0.1, -0.05) is 17.7 Å². The second-order valence-corrected chi connectivity index (χ2v) is 3.41. The van der Waals surface area contributed by atoms with Gasteiger partial charge in [0, 0.05) is 5.57 Å². The van der Waals surface area contributed by atoms with Crippen molar-refractivity contribution in [2.45, 2.75) is 18.7 Å². The van der Waals surface area contributed by atoms with Crippen LogP contribution < -0.4 is 5.73 Å². The number of alkyl halides is 1. The van der Waals surface area contributed by atoms with Crippen molar-refractivity contribution in [1.29, 1.82) is 0 Å². The van der Waals surface area contributed by atoms with Gasteiger partial charge in [0.15, 0.2) is 5.78 Å². The second kappa shape index (κ2) is 3.87. The fourth-order valence-electron chi connectivity index (χ4n) is 1.12. The molecule has 12 heavy (non-hydrogen) atoms. The van der Waals surface area contributed by atoms with E-state index in [0.29, 0.717) is 5.57 Å². The predicted molar refractivity (Wildman–Crippen MR) is 50.2 cm³/mol. The maximum atomic E-state index is 11.1. The predicted octanol–water partition coefficient (Wildman–Crippen LogP) is 1.40. The molecule has 2 N–H and O–H groups in total. The molecule has 3 heteroatoms. The Kier molecular flexibility index (Phi) is 3.06. The SMILES string of the molecule is CC1=CC(C(=O)CN)=CCC1Cl. The van der Waals surface area contributed by atoms with Gasteiger partial charge in [-0.25, -0.2) is 0 Å². The van der Waals surface area contributed by atoms with Gasteiger partial charge in [-0.05, 0) is 13.3 Å². The molecule has 0 saturated carbocycles. The van der Waals surface area contributed by atoms with Crippen molar-refractivity contribution >= 4 is 17.4 Å². The normalized spacial score (nSPS) is 23.1. The summed E-state index contributed by atoms with van der Waals surface area (Å²) in [5.74, 6) is -0.0158. The molecule has 0 aromatic heterocycles. The van der Waals surface area contributed by atoms with E-state index in [1.807, 2.05) is 19.1 Å². The van der Waals surface area contributed by atoms with Gasteiger partial charge in [0.05, 0.1) is 11.9 Å². The fraction of sp³-hybridized carbons (Fsp3) is 0.444. The number of rotatable bonds is 2. The molecule has 0 aromatic carbocycles. The van der Waals surface area contributed by atoms with E-state index >= 15 is 0 Å². The zero-order chi connectivity index (χ0) is 9.14. The van der Waals surface area contributed by atoms with Crippen LogP contribution in [0.2, 0.25) is 0 Å². The van der Waals surface area contributed by atoms with Crippen molar-refractivity contribution < 1.29 is 4.79 Å². The molecule has 0 aliphatic heterocycles. The molecular formula is C9H12ClNO. The summed E-state index contributed by atoms with van der Waals surface area (Å²) < 4.78 is 0. The van der Waals surface area contributed by atoms with Gasteiger partial charge < -0.3 is 5.73 Å². The minimum atomic E-state index is -0.0158. The summed E-state index contributed by atoms with van der Waals surface area (Å²) in [7, 11) is 0. The second-order valence-electron chi connectivity index (χ2n) is 2.88. The van der Waals surface area contributed by atoms with Crippen LogP contribution in [0, 0.1) is 0 Å². The maximum absolute atomic E-state index is 11.1. The first-order valence-corrected chi connectivity index (χ1v) is 4.34. The van der Waals surface area contributed by atoms with Crippen LogP contribution in [-0.4, -0.2) is 17.7 Å². The molecule has 1 aliphatic rings. The highest BCUT2D eigenvalue weighted by Crippen LogP contribution is 2.22. The number of allylic oxidation sites excluding steroid dienone is 3. The Hall–Kier alpha value is -0.600. The van der Waals surface area contributed by atoms with E-state index in [2.05, 4.69) is 0 Å². The van der Waals surface area contributed by atoms with E-state index in [-0.39, 0.29) is 17.7 Å². The number of hydrogen-bond acceptors (Lipinski definition) is 2. The van der Waals surface area contributed by atoms with Gasteiger partial charge in [0.1, 0.15) is 0 Å². The summed E-state index contributed by atoms with van der Waals surface area (Å²) in [6, 6.07) is 0. The van der Waals surface area contributed by atoms with Gasteiger partial charge in [0.2, 0.25) is 0 Å². The van der Waals surface area contributed by atoms with Crippen LogP contribution in [0.1, 0.15) is 13.3 Å². The molecule has 0 amide bonds. The number of ketones is 1. The highest BCUT2D eigenvalue weighted by Gasteiger charge is 2.14. The molecule has 1 rings (SSSR count). The number of nitrogens with two attached hydrogens (primary N) is 1. The number of carbonyl (C=O) groups is 1. The van der Waals surface area contributed by atoms with Crippen molar-refractivity contribution in [1.82, 2.24) is 0 Å². The van der Waals surface area contributed by atoms with E-state index in [0.717, 1.165) is 12.0 Å². The zero-order valence-corrected chi connectivity index (χ0v) is 7.77. The van der Waals surface area contributed by atoms with Crippen molar-refractivity contribution in [2.75, 3.05) is 6.54 Å². The fourth-order valence-corrected chi connectivity index (χ4v) is 1.28. The lowest BCUT2D eigenvalue weighted by Crippen LogP contribution is -2.17. The Bertz CT molecular complexity index is 255. The summed E-state index contributed by atoms with van der Waals surface area (Å²) in [6.07, 6.45) is 4.39. The lowest BCUT2D eigenvalue weighted by molar-refractivity contribution is -0.114. The molecule has 1 unspecified atom stereocenters. The Morgan fingerprint density at radius 2 is 2.50 bits per heavy atom. The van der Waals surface area contributed by atoms with Crippen LogP contribution in [0.5, 0.6) is 0 Å². The van der Waals surface area contributed by atoms with E-state index in [9.17, 15) is 4.79 Å². The summed E-state index contributed by atoms with van der Waals surface area (Å²) in [4.78, 5) is 11.1. The molecule has 1 aliphatic carbocycles. The summed E-state index contributed by atoms with van der Waals surface area (Å²) >= 11 is 5.92. The standard InChI is InChI=1S/C9H12ClNO/c1-6-4-7(9(12)5-11)2-3-8(6)10/h2,4,8H,3,5,11H2,1H3. The summed E-state index contributed by atoms with van der Waals surface area (Å²) in [5.41, 5.74) is 6.97. The maximum Gasteiger partial charge on any atom is 0.176 e. The smallest absolute Gasteiger partial charge is 0.176 e. The molecule has 66 valence electrons. The third-order valence-electron chi connectivity index (χ3n) is 1.93. The minimum absolute atomic E-state index is 0.0158. The molecule has 0 fully saturated rings. The largest absolute Gasteiger partial charge is 0.324 e. The Labute approximate surface area is 77.1 Å². The van der Waals surface area contributed by atoms with Gasteiger partial charge in [-0.2, -0.15) is 0 Å². The van der Waals surface area contributed by atoms with Gasteiger partial charge in [0.25, 0.3) is 0 Å². The number of halogens is 1. The lowest BCUT2D eigenvalue weighted by Gasteiger charge is -2.14. The average molecular weight is 186 g/mol. The van der Waals surface area contributed by atoms with Crippen molar-refractivity contribution in [3.63, 3.8) is 0 Å². The van der Waals surface area contributed by atoms with Gasteiger partial charge >= 0.3 is 0 Å². The third-order valence-corrected chi connectivity index (χ3v) is 2.45. The van der Waals surface area contributed by atoms with Crippen molar-refractivity contribution in [2.24, 2.45) is 5.73 Å². The van der Waals surface area contributed by atoms with Crippen molar-refractivity contribution in [3.8, 4) is 0 Å². The van der Waals surface area contributed by atoms with Crippen LogP contribution in [0.4, 0.5) is 0 Å². The van der Waals surface area contributed by atoms with Crippen LogP contribution >= 0.6 is 11.6 Å². The van der Waals surface area contributed by atoms with E-state index in [4.69, 9.17) is 17.3 Å². The van der Waals surface area contributed by atoms with Crippen LogP contribution in [0.3, 0.4) is 0 Å². The van der Waals surface area contributed by atoms with Gasteiger partial charge in [-0.15, -0.1) is 11.6 Å². The molecule has 0 spiro atoms. The third kappa shape index (κ3) is 1.96. The molecule has 0 heterocycles. The first kappa shape index (κ1) is 9.49.